The van der Waals surface area contributed by atoms with E-state index in [0.717, 1.165) is 17.2 Å². The molecule has 3 N–H and O–H groups in total. The van der Waals surface area contributed by atoms with E-state index in [9.17, 15) is 0 Å². The minimum Gasteiger partial charge on any atom is -0.352 e. The average Bonchev–Trinajstić information content (AvgIpc) is 2.75. The molecule has 0 bridgehead atoms. The van der Waals surface area contributed by atoms with Crippen molar-refractivity contribution in [3.63, 3.8) is 0 Å². The van der Waals surface area contributed by atoms with Gasteiger partial charge in [0.25, 0.3) is 0 Å². The molecule has 0 aromatic carbocycles. The highest BCUT2D eigenvalue weighted by Gasteiger charge is 2.12. The Hall–Kier alpha value is -2.15. The summed E-state index contributed by atoms with van der Waals surface area (Å²) in [5, 5.41) is 0. The second-order valence-corrected chi connectivity index (χ2v) is 4.13. The first-order valence-corrected chi connectivity index (χ1v) is 5.59. The van der Waals surface area contributed by atoms with Crippen molar-refractivity contribution in [2.24, 2.45) is 12.9 Å². The lowest BCUT2D eigenvalue weighted by Crippen LogP contribution is -2.22. The summed E-state index contributed by atoms with van der Waals surface area (Å²) < 4.78 is 1.98. The summed E-state index contributed by atoms with van der Waals surface area (Å²) in [5.74, 6) is 7.84. The van der Waals surface area contributed by atoms with Crippen LogP contribution in [0.5, 0.6) is 0 Å². The van der Waals surface area contributed by atoms with Crippen molar-refractivity contribution in [3.8, 4) is 0 Å². The number of nitrogens with one attached hydrogen (secondary N) is 1. The normalized spacial score (nSPS) is 10.4. The number of hydrogen-bond acceptors (Lipinski definition) is 6. The fourth-order valence-electron chi connectivity index (χ4n) is 1.81. The van der Waals surface area contributed by atoms with Crippen molar-refractivity contribution in [2.75, 3.05) is 17.4 Å². The molecular weight excluding hydrogens is 230 g/mol. The Morgan fingerprint density at radius 2 is 2.17 bits per heavy atom. The van der Waals surface area contributed by atoms with Gasteiger partial charge in [-0.05, 0) is 6.92 Å². The number of nitrogens with two attached hydrogens (primary N) is 1. The lowest BCUT2D eigenvalue weighted by molar-refractivity contribution is 0.752. The van der Waals surface area contributed by atoms with Crippen molar-refractivity contribution < 1.29 is 0 Å². The summed E-state index contributed by atoms with van der Waals surface area (Å²) >= 11 is 0. The van der Waals surface area contributed by atoms with Crippen molar-refractivity contribution in [2.45, 2.75) is 13.5 Å². The van der Waals surface area contributed by atoms with Gasteiger partial charge in [-0.2, -0.15) is 0 Å². The minimum atomic E-state index is 0.631. The summed E-state index contributed by atoms with van der Waals surface area (Å²) in [6.07, 6.45) is 5.19. The van der Waals surface area contributed by atoms with Crippen molar-refractivity contribution in [1.29, 1.82) is 0 Å². The van der Waals surface area contributed by atoms with Gasteiger partial charge in [0, 0.05) is 32.1 Å². The molecule has 0 aliphatic heterocycles. The highest BCUT2D eigenvalue weighted by atomic mass is 15.3. The van der Waals surface area contributed by atoms with Gasteiger partial charge >= 0.3 is 0 Å². The molecule has 0 atom stereocenters. The van der Waals surface area contributed by atoms with Crippen LogP contribution in [0.4, 0.5) is 11.6 Å². The molecule has 7 nitrogen and oxygen atoms in total. The van der Waals surface area contributed by atoms with Crippen molar-refractivity contribution in [1.82, 2.24) is 19.5 Å². The maximum atomic E-state index is 5.40. The third-order valence-electron chi connectivity index (χ3n) is 2.86. The van der Waals surface area contributed by atoms with Gasteiger partial charge in [0.2, 0.25) is 0 Å². The molecule has 0 radical (unpaired) electrons. The molecular formula is C11H17N7. The van der Waals surface area contributed by atoms with Gasteiger partial charge in [-0.25, -0.2) is 20.8 Å². The summed E-state index contributed by atoms with van der Waals surface area (Å²) in [6.45, 7) is 2.60. The number of nitrogens with zero attached hydrogens (tertiary/aromatic N) is 5. The smallest absolute Gasteiger partial charge is 0.148 e. The number of imidazole rings is 1. The van der Waals surface area contributed by atoms with Crippen molar-refractivity contribution >= 4 is 11.6 Å². The molecule has 2 rings (SSSR count). The average molecular weight is 247 g/mol. The van der Waals surface area contributed by atoms with Crippen LogP contribution in [-0.4, -0.2) is 26.6 Å². The predicted octanol–water partition coefficient (Wildman–Crippen LogP) is 0.441. The Balaban J connectivity index is 2.24. The number of aromatic nitrogens is 4. The fraction of sp³-hybridized carbons (Fsp3) is 0.364. The van der Waals surface area contributed by atoms with Crippen LogP contribution in [0.1, 0.15) is 11.4 Å². The van der Waals surface area contributed by atoms with Crippen LogP contribution in [0, 0.1) is 6.92 Å². The molecule has 0 aliphatic rings. The molecule has 18 heavy (non-hydrogen) atoms. The summed E-state index contributed by atoms with van der Waals surface area (Å²) in [4.78, 5) is 14.6. The molecule has 0 unspecified atom stereocenters. The van der Waals surface area contributed by atoms with Crippen LogP contribution < -0.4 is 16.2 Å². The first-order valence-electron chi connectivity index (χ1n) is 5.59. The zero-order valence-corrected chi connectivity index (χ0v) is 10.8. The SMILES string of the molecule is Cc1c(NN)ncnc1N(C)Cc1nccn1C. The van der Waals surface area contributed by atoms with Crippen LogP contribution >= 0.6 is 0 Å². The summed E-state index contributed by atoms with van der Waals surface area (Å²) in [6, 6.07) is 0. The molecule has 0 spiro atoms. The van der Waals surface area contributed by atoms with E-state index in [0.29, 0.717) is 12.4 Å². The zero-order valence-electron chi connectivity index (χ0n) is 10.8. The topological polar surface area (TPSA) is 84.9 Å². The number of anilines is 2. The second-order valence-electron chi connectivity index (χ2n) is 4.13. The zero-order chi connectivity index (χ0) is 13.1. The van der Waals surface area contributed by atoms with E-state index in [1.165, 1.54) is 6.33 Å². The minimum absolute atomic E-state index is 0.631. The van der Waals surface area contributed by atoms with Crippen LogP contribution in [0.2, 0.25) is 0 Å². The summed E-state index contributed by atoms with van der Waals surface area (Å²) in [5.41, 5.74) is 3.48. The first kappa shape index (κ1) is 12.3. The van der Waals surface area contributed by atoms with Gasteiger partial charge < -0.3 is 14.9 Å². The number of hydrogen-bond donors (Lipinski definition) is 2. The van der Waals surface area contributed by atoms with E-state index in [1.807, 2.05) is 36.7 Å². The lowest BCUT2D eigenvalue weighted by Gasteiger charge is -2.20. The van der Waals surface area contributed by atoms with Gasteiger partial charge in [-0.15, -0.1) is 0 Å². The number of aryl methyl sites for hydroxylation is 1. The molecule has 2 heterocycles. The maximum Gasteiger partial charge on any atom is 0.148 e. The van der Waals surface area contributed by atoms with Crippen LogP contribution in [0.3, 0.4) is 0 Å². The molecule has 0 saturated carbocycles. The standard InChI is InChI=1S/C11H17N7/c1-8-10(16-12)14-7-15-11(8)18(3)6-9-13-4-5-17(9)2/h4-5,7H,6,12H2,1-3H3,(H,14,15,16). The maximum absolute atomic E-state index is 5.40. The molecule has 0 fully saturated rings. The number of nitrogen functional groups attached to an aromatic ring is 1. The number of rotatable bonds is 4. The van der Waals surface area contributed by atoms with E-state index < -0.39 is 0 Å². The first-order chi connectivity index (χ1) is 8.63. The van der Waals surface area contributed by atoms with Gasteiger partial charge in [0.15, 0.2) is 0 Å². The molecule has 0 aliphatic carbocycles. The number of hydrazine groups is 1. The highest BCUT2D eigenvalue weighted by Crippen LogP contribution is 2.21. The highest BCUT2D eigenvalue weighted by molar-refractivity contribution is 5.56. The Labute approximate surface area is 106 Å². The Bertz CT molecular complexity index is 534. The van der Waals surface area contributed by atoms with Crippen LogP contribution in [0.25, 0.3) is 0 Å². The third kappa shape index (κ3) is 2.25. The van der Waals surface area contributed by atoms with E-state index in [4.69, 9.17) is 5.84 Å². The molecule has 7 heteroatoms. The predicted molar refractivity (Wildman–Crippen MR) is 69.9 cm³/mol. The Morgan fingerprint density at radius 1 is 1.39 bits per heavy atom. The molecule has 96 valence electrons. The van der Waals surface area contributed by atoms with E-state index in [1.54, 1.807) is 6.20 Å². The fourth-order valence-corrected chi connectivity index (χ4v) is 1.81. The van der Waals surface area contributed by atoms with E-state index in [-0.39, 0.29) is 0 Å². The Morgan fingerprint density at radius 3 is 2.78 bits per heavy atom. The summed E-state index contributed by atoms with van der Waals surface area (Å²) in [7, 11) is 3.93. The van der Waals surface area contributed by atoms with Crippen LogP contribution in [-0.2, 0) is 13.6 Å². The largest absolute Gasteiger partial charge is 0.352 e. The third-order valence-corrected chi connectivity index (χ3v) is 2.86. The van der Waals surface area contributed by atoms with E-state index in [2.05, 4.69) is 20.4 Å². The van der Waals surface area contributed by atoms with E-state index >= 15 is 0 Å². The van der Waals surface area contributed by atoms with Gasteiger partial charge in [-0.1, -0.05) is 0 Å². The Kier molecular flexibility index (Phi) is 3.42. The molecule has 2 aromatic heterocycles. The molecule has 0 saturated heterocycles. The van der Waals surface area contributed by atoms with Gasteiger partial charge in [0.1, 0.15) is 23.8 Å². The van der Waals surface area contributed by atoms with Crippen LogP contribution in [0.15, 0.2) is 18.7 Å². The lowest BCUT2D eigenvalue weighted by atomic mass is 10.3. The monoisotopic (exact) mass is 247 g/mol. The quantitative estimate of drug-likeness (QED) is 0.602. The van der Waals surface area contributed by atoms with Gasteiger partial charge in [-0.3, -0.25) is 0 Å². The molecule has 0 amide bonds. The molecule has 2 aromatic rings. The second kappa shape index (κ2) is 5.01. The van der Waals surface area contributed by atoms with Crippen molar-refractivity contribution in [3.05, 3.63) is 30.1 Å². The van der Waals surface area contributed by atoms with Gasteiger partial charge in [0.05, 0.1) is 6.54 Å².